The summed E-state index contributed by atoms with van der Waals surface area (Å²) < 4.78 is 0. The van der Waals surface area contributed by atoms with Gasteiger partial charge < -0.3 is 10.1 Å². The molecule has 0 unspecified atom stereocenters. The van der Waals surface area contributed by atoms with Crippen LogP contribution >= 0.6 is 0 Å². The number of hydrogen-bond donors (Lipinski definition) is 2. The smallest absolute Gasteiger partial charge is 0.303 e. The molecule has 1 aromatic heterocycles. The normalized spacial score (nSPS) is 11.3. The van der Waals surface area contributed by atoms with Gasteiger partial charge in [-0.25, -0.2) is 0 Å². The van der Waals surface area contributed by atoms with Crippen molar-refractivity contribution in [2.75, 3.05) is 0 Å². The summed E-state index contributed by atoms with van der Waals surface area (Å²) in [5.41, 5.74) is 3.67. The van der Waals surface area contributed by atoms with Crippen molar-refractivity contribution in [3.63, 3.8) is 0 Å². The molecule has 0 amide bonds. The fourth-order valence-corrected chi connectivity index (χ4v) is 2.19. The molecule has 2 aromatic rings. The third kappa shape index (κ3) is 2.73. The van der Waals surface area contributed by atoms with Crippen LogP contribution in [0.1, 0.15) is 43.7 Å². The van der Waals surface area contributed by atoms with Crippen LogP contribution in [-0.2, 0) is 11.2 Å². The number of rotatable bonds is 5. The van der Waals surface area contributed by atoms with Gasteiger partial charge in [-0.3, -0.25) is 4.79 Å². The molecule has 0 aliphatic heterocycles. The summed E-state index contributed by atoms with van der Waals surface area (Å²) in [4.78, 5) is 13.8. The van der Waals surface area contributed by atoms with Crippen molar-refractivity contribution in [3.05, 3.63) is 35.5 Å². The summed E-state index contributed by atoms with van der Waals surface area (Å²) in [7, 11) is 0. The van der Waals surface area contributed by atoms with Crippen molar-refractivity contribution in [3.8, 4) is 0 Å². The number of nitrogens with one attached hydrogen (secondary N) is 1. The minimum atomic E-state index is -0.724. The zero-order chi connectivity index (χ0) is 13.1. The SMILES string of the molecule is CC(C)c1ccc2[nH]cc(CCCC(=O)O)c2c1. The minimum Gasteiger partial charge on any atom is -0.481 e. The fraction of sp³-hybridized carbons (Fsp3) is 0.400. The Kier molecular flexibility index (Phi) is 3.70. The van der Waals surface area contributed by atoms with Crippen LogP contribution in [0.3, 0.4) is 0 Å². The second kappa shape index (κ2) is 5.25. The summed E-state index contributed by atoms with van der Waals surface area (Å²) in [6.07, 6.45) is 3.73. The van der Waals surface area contributed by atoms with Gasteiger partial charge in [-0.1, -0.05) is 19.9 Å². The maximum Gasteiger partial charge on any atom is 0.303 e. The third-order valence-electron chi connectivity index (χ3n) is 3.29. The number of H-pyrrole nitrogens is 1. The standard InChI is InChI=1S/C15H19NO2/c1-10(2)11-6-7-14-13(8-11)12(9-16-14)4-3-5-15(17)18/h6-10,16H,3-5H2,1-2H3,(H,17,18). The van der Waals surface area contributed by atoms with Gasteiger partial charge in [0, 0.05) is 23.5 Å². The van der Waals surface area contributed by atoms with E-state index in [1.807, 2.05) is 6.20 Å². The molecule has 0 saturated heterocycles. The van der Waals surface area contributed by atoms with Gasteiger partial charge in [0.1, 0.15) is 0 Å². The molecule has 0 saturated carbocycles. The van der Waals surface area contributed by atoms with E-state index in [-0.39, 0.29) is 6.42 Å². The first-order valence-corrected chi connectivity index (χ1v) is 6.39. The molecule has 0 aliphatic rings. The molecule has 0 fully saturated rings. The third-order valence-corrected chi connectivity index (χ3v) is 3.29. The average molecular weight is 245 g/mol. The van der Waals surface area contributed by atoms with Gasteiger partial charge >= 0.3 is 5.97 Å². The number of aliphatic carboxylic acids is 1. The second-order valence-corrected chi connectivity index (χ2v) is 5.02. The highest BCUT2D eigenvalue weighted by Crippen LogP contribution is 2.24. The molecule has 18 heavy (non-hydrogen) atoms. The second-order valence-electron chi connectivity index (χ2n) is 5.02. The molecule has 96 valence electrons. The summed E-state index contributed by atoms with van der Waals surface area (Å²) in [5, 5.41) is 9.89. The van der Waals surface area contributed by atoms with E-state index in [4.69, 9.17) is 5.11 Å². The Labute approximate surface area is 107 Å². The molecule has 0 atom stereocenters. The molecule has 3 heteroatoms. The highest BCUT2D eigenvalue weighted by molar-refractivity contribution is 5.84. The van der Waals surface area contributed by atoms with Crippen LogP contribution in [0.2, 0.25) is 0 Å². The summed E-state index contributed by atoms with van der Waals surface area (Å²) in [5.74, 6) is -0.214. The molecule has 3 nitrogen and oxygen atoms in total. The van der Waals surface area contributed by atoms with E-state index >= 15 is 0 Å². The first kappa shape index (κ1) is 12.7. The number of benzene rings is 1. The number of carbonyl (C=O) groups is 1. The number of fused-ring (bicyclic) bond motifs is 1. The highest BCUT2D eigenvalue weighted by Gasteiger charge is 2.07. The van der Waals surface area contributed by atoms with E-state index in [2.05, 4.69) is 37.0 Å². The van der Waals surface area contributed by atoms with Gasteiger partial charge in [-0.2, -0.15) is 0 Å². The summed E-state index contributed by atoms with van der Waals surface area (Å²) in [6, 6.07) is 6.46. The molecule has 1 aromatic carbocycles. The molecule has 0 aliphatic carbocycles. The van der Waals surface area contributed by atoms with Crippen molar-refractivity contribution in [1.29, 1.82) is 0 Å². The molecule has 2 N–H and O–H groups in total. The van der Waals surface area contributed by atoms with E-state index in [1.165, 1.54) is 16.5 Å². The molecular weight excluding hydrogens is 226 g/mol. The summed E-state index contributed by atoms with van der Waals surface area (Å²) in [6.45, 7) is 4.36. The van der Waals surface area contributed by atoms with Crippen LogP contribution in [0, 0.1) is 0 Å². The van der Waals surface area contributed by atoms with Gasteiger partial charge in [0.2, 0.25) is 0 Å². The number of carboxylic acids is 1. The Hall–Kier alpha value is -1.77. The Balaban J connectivity index is 2.22. The average Bonchev–Trinajstić information content (AvgIpc) is 2.71. The number of carboxylic acid groups (broad SMARTS) is 1. The molecule has 0 bridgehead atoms. The predicted molar refractivity (Wildman–Crippen MR) is 73.0 cm³/mol. The predicted octanol–water partition coefficient (Wildman–Crippen LogP) is 3.70. The maximum absolute atomic E-state index is 10.5. The Bertz CT molecular complexity index is 555. The lowest BCUT2D eigenvalue weighted by Gasteiger charge is -2.06. The van der Waals surface area contributed by atoms with E-state index in [0.29, 0.717) is 12.3 Å². The Morgan fingerprint density at radius 2 is 2.17 bits per heavy atom. The van der Waals surface area contributed by atoms with Crippen LogP contribution in [0.15, 0.2) is 24.4 Å². The van der Waals surface area contributed by atoms with E-state index in [0.717, 1.165) is 11.9 Å². The van der Waals surface area contributed by atoms with Crippen LogP contribution in [0.4, 0.5) is 0 Å². The lowest BCUT2D eigenvalue weighted by atomic mass is 9.99. The lowest BCUT2D eigenvalue weighted by molar-refractivity contribution is -0.137. The van der Waals surface area contributed by atoms with Gasteiger partial charge in [0.05, 0.1) is 0 Å². The van der Waals surface area contributed by atoms with E-state index < -0.39 is 5.97 Å². The van der Waals surface area contributed by atoms with E-state index in [9.17, 15) is 4.79 Å². The van der Waals surface area contributed by atoms with Crippen molar-refractivity contribution in [1.82, 2.24) is 4.98 Å². The van der Waals surface area contributed by atoms with Crippen molar-refractivity contribution < 1.29 is 9.90 Å². The Morgan fingerprint density at radius 1 is 1.39 bits per heavy atom. The zero-order valence-corrected chi connectivity index (χ0v) is 10.9. The number of hydrogen-bond acceptors (Lipinski definition) is 1. The topological polar surface area (TPSA) is 53.1 Å². The molecular formula is C15H19NO2. The van der Waals surface area contributed by atoms with Gasteiger partial charge in [0.25, 0.3) is 0 Å². The zero-order valence-electron chi connectivity index (χ0n) is 10.9. The largest absolute Gasteiger partial charge is 0.481 e. The molecule has 0 radical (unpaired) electrons. The maximum atomic E-state index is 10.5. The molecule has 0 spiro atoms. The first-order chi connectivity index (χ1) is 8.58. The summed E-state index contributed by atoms with van der Waals surface area (Å²) >= 11 is 0. The van der Waals surface area contributed by atoms with Crippen molar-refractivity contribution in [2.24, 2.45) is 0 Å². The minimum absolute atomic E-state index is 0.233. The van der Waals surface area contributed by atoms with Gasteiger partial charge in [0.15, 0.2) is 0 Å². The van der Waals surface area contributed by atoms with Crippen LogP contribution < -0.4 is 0 Å². The first-order valence-electron chi connectivity index (χ1n) is 6.39. The number of aromatic amines is 1. The quantitative estimate of drug-likeness (QED) is 0.843. The highest BCUT2D eigenvalue weighted by atomic mass is 16.4. The van der Waals surface area contributed by atoms with Crippen LogP contribution in [0.25, 0.3) is 10.9 Å². The molecule has 2 rings (SSSR count). The lowest BCUT2D eigenvalue weighted by Crippen LogP contribution is -1.95. The van der Waals surface area contributed by atoms with Gasteiger partial charge in [-0.05, 0) is 42.0 Å². The monoisotopic (exact) mass is 245 g/mol. The van der Waals surface area contributed by atoms with Crippen LogP contribution in [-0.4, -0.2) is 16.1 Å². The van der Waals surface area contributed by atoms with Crippen molar-refractivity contribution >= 4 is 16.9 Å². The van der Waals surface area contributed by atoms with E-state index in [1.54, 1.807) is 0 Å². The molecule has 1 heterocycles. The fourth-order valence-electron chi connectivity index (χ4n) is 2.19. The van der Waals surface area contributed by atoms with Gasteiger partial charge in [-0.15, -0.1) is 0 Å². The number of aryl methyl sites for hydroxylation is 1. The number of aromatic nitrogens is 1. The van der Waals surface area contributed by atoms with Crippen LogP contribution in [0.5, 0.6) is 0 Å². The van der Waals surface area contributed by atoms with Crippen molar-refractivity contribution in [2.45, 2.75) is 39.0 Å². The Morgan fingerprint density at radius 3 is 2.83 bits per heavy atom.